The SMILES string of the molecule is NNC(=O)c1ccc(CN2CCC[C@H]3CCCC[C@H]32)nc1. The Morgan fingerprint density at radius 1 is 1.29 bits per heavy atom. The number of nitrogens with one attached hydrogen (secondary N) is 1. The van der Waals surface area contributed by atoms with Crippen molar-refractivity contribution in [3.05, 3.63) is 29.6 Å². The number of piperidine rings is 1. The first-order valence-corrected chi connectivity index (χ1v) is 7.98. The highest BCUT2D eigenvalue weighted by molar-refractivity contribution is 5.93. The highest BCUT2D eigenvalue weighted by atomic mass is 16.2. The second-order valence-electron chi connectivity index (χ2n) is 6.24. The van der Waals surface area contributed by atoms with Crippen LogP contribution >= 0.6 is 0 Å². The minimum Gasteiger partial charge on any atom is -0.294 e. The lowest BCUT2D eigenvalue weighted by atomic mass is 9.78. The van der Waals surface area contributed by atoms with Crippen LogP contribution in [0.1, 0.15) is 54.6 Å². The first kappa shape index (κ1) is 14.5. The van der Waals surface area contributed by atoms with Crippen molar-refractivity contribution in [2.24, 2.45) is 11.8 Å². The van der Waals surface area contributed by atoms with Gasteiger partial charge in [0.2, 0.25) is 0 Å². The van der Waals surface area contributed by atoms with Crippen LogP contribution in [-0.4, -0.2) is 28.4 Å². The van der Waals surface area contributed by atoms with E-state index in [9.17, 15) is 4.79 Å². The van der Waals surface area contributed by atoms with E-state index in [0.29, 0.717) is 5.56 Å². The molecule has 2 fully saturated rings. The normalized spacial score (nSPS) is 26.1. The van der Waals surface area contributed by atoms with Gasteiger partial charge in [-0.25, -0.2) is 5.84 Å². The molecule has 1 saturated carbocycles. The minimum atomic E-state index is -0.292. The summed E-state index contributed by atoms with van der Waals surface area (Å²) in [5, 5.41) is 0. The molecule has 21 heavy (non-hydrogen) atoms. The van der Waals surface area contributed by atoms with Crippen LogP contribution in [0.15, 0.2) is 18.3 Å². The van der Waals surface area contributed by atoms with Crippen molar-refractivity contribution in [2.45, 2.75) is 51.1 Å². The molecule has 3 rings (SSSR count). The number of hydrogen-bond donors (Lipinski definition) is 2. The van der Waals surface area contributed by atoms with Gasteiger partial charge in [0.15, 0.2) is 0 Å². The average molecular weight is 288 g/mol. The molecule has 2 aliphatic rings. The fourth-order valence-electron chi connectivity index (χ4n) is 3.87. The molecule has 0 radical (unpaired) electrons. The average Bonchev–Trinajstić information content (AvgIpc) is 2.55. The van der Waals surface area contributed by atoms with E-state index in [1.54, 1.807) is 12.3 Å². The summed E-state index contributed by atoms with van der Waals surface area (Å²) in [5.74, 6) is 5.72. The quantitative estimate of drug-likeness (QED) is 0.506. The number of nitrogen functional groups attached to an aromatic ring is 1. The summed E-state index contributed by atoms with van der Waals surface area (Å²) in [6, 6.07) is 4.48. The molecule has 2 atom stereocenters. The van der Waals surface area contributed by atoms with Gasteiger partial charge in [0.05, 0.1) is 11.3 Å². The van der Waals surface area contributed by atoms with E-state index in [4.69, 9.17) is 5.84 Å². The predicted octanol–water partition coefficient (Wildman–Crippen LogP) is 1.84. The van der Waals surface area contributed by atoms with E-state index in [0.717, 1.165) is 24.2 Å². The molecule has 0 spiro atoms. The Morgan fingerprint density at radius 2 is 2.10 bits per heavy atom. The van der Waals surface area contributed by atoms with Crippen LogP contribution in [-0.2, 0) is 6.54 Å². The van der Waals surface area contributed by atoms with Gasteiger partial charge in [0, 0.05) is 18.8 Å². The Balaban J connectivity index is 1.66. The number of carbonyl (C=O) groups excluding carboxylic acids is 1. The van der Waals surface area contributed by atoms with Crippen LogP contribution in [0, 0.1) is 5.92 Å². The Labute approximate surface area is 125 Å². The third-order valence-electron chi connectivity index (χ3n) is 4.94. The Kier molecular flexibility index (Phi) is 4.51. The molecule has 5 heteroatoms. The number of carbonyl (C=O) groups is 1. The summed E-state index contributed by atoms with van der Waals surface area (Å²) < 4.78 is 0. The lowest BCUT2D eigenvalue weighted by Gasteiger charge is -2.44. The fourth-order valence-corrected chi connectivity index (χ4v) is 3.87. The van der Waals surface area contributed by atoms with Crippen molar-refractivity contribution in [3.63, 3.8) is 0 Å². The van der Waals surface area contributed by atoms with Crippen molar-refractivity contribution >= 4 is 5.91 Å². The summed E-state index contributed by atoms with van der Waals surface area (Å²) in [6.45, 7) is 2.07. The number of nitrogens with two attached hydrogens (primary N) is 1. The van der Waals surface area contributed by atoms with Gasteiger partial charge in [-0.15, -0.1) is 0 Å². The topological polar surface area (TPSA) is 71.2 Å². The van der Waals surface area contributed by atoms with E-state index < -0.39 is 0 Å². The zero-order valence-electron chi connectivity index (χ0n) is 12.4. The van der Waals surface area contributed by atoms with Crippen molar-refractivity contribution in [2.75, 3.05) is 6.54 Å². The number of amides is 1. The van der Waals surface area contributed by atoms with E-state index >= 15 is 0 Å². The fraction of sp³-hybridized carbons (Fsp3) is 0.625. The smallest absolute Gasteiger partial charge is 0.266 e. The van der Waals surface area contributed by atoms with Crippen molar-refractivity contribution in [3.8, 4) is 0 Å². The highest BCUT2D eigenvalue weighted by Crippen LogP contribution is 2.35. The number of pyridine rings is 1. The second-order valence-corrected chi connectivity index (χ2v) is 6.24. The molecule has 1 amide bonds. The zero-order valence-corrected chi connectivity index (χ0v) is 12.4. The second kappa shape index (κ2) is 6.54. The molecule has 114 valence electrons. The van der Waals surface area contributed by atoms with Gasteiger partial charge in [-0.05, 0) is 50.3 Å². The number of hydrazine groups is 1. The molecule has 1 saturated heterocycles. The Morgan fingerprint density at radius 3 is 2.86 bits per heavy atom. The summed E-state index contributed by atoms with van der Waals surface area (Å²) in [7, 11) is 0. The first-order chi connectivity index (χ1) is 10.3. The van der Waals surface area contributed by atoms with Crippen molar-refractivity contribution in [1.82, 2.24) is 15.3 Å². The number of nitrogens with zero attached hydrogens (tertiary/aromatic N) is 2. The minimum absolute atomic E-state index is 0.292. The monoisotopic (exact) mass is 288 g/mol. The largest absolute Gasteiger partial charge is 0.294 e. The third kappa shape index (κ3) is 3.24. The van der Waals surface area contributed by atoms with Gasteiger partial charge in [0.1, 0.15) is 0 Å². The van der Waals surface area contributed by atoms with Crippen LogP contribution in [0.2, 0.25) is 0 Å². The van der Waals surface area contributed by atoms with Gasteiger partial charge in [-0.2, -0.15) is 0 Å². The number of aromatic nitrogens is 1. The molecule has 1 aliphatic carbocycles. The Bertz CT molecular complexity index is 486. The molecule has 0 unspecified atom stereocenters. The van der Waals surface area contributed by atoms with Crippen LogP contribution < -0.4 is 11.3 Å². The molecule has 0 aromatic carbocycles. The molecule has 1 aromatic rings. The van der Waals surface area contributed by atoms with Crippen LogP contribution in [0.25, 0.3) is 0 Å². The molecule has 1 aliphatic heterocycles. The van der Waals surface area contributed by atoms with Gasteiger partial charge in [-0.3, -0.25) is 20.1 Å². The molecule has 0 bridgehead atoms. The van der Waals surface area contributed by atoms with Crippen LogP contribution in [0.5, 0.6) is 0 Å². The highest BCUT2D eigenvalue weighted by Gasteiger charge is 2.33. The number of likely N-dealkylation sites (tertiary alicyclic amines) is 1. The molecular weight excluding hydrogens is 264 g/mol. The molecule has 5 nitrogen and oxygen atoms in total. The maximum absolute atomic E-state index is 11.4. The van der Waals surface area contributed by atoms with Crippen molar-refractivity contribution in [1.29, 1.82) is 0 Å². The molecular formula is C16H24N4O. The van der Waals surface area contributed by atoms with Gasteiger partial charge < -0.3 is 0 Å². The zero-order chi connectivity index (χ0) is 14.7. The molecule has 3 N–H and O–H groups in total. The third-order valence-corrected chi connectivity index (χ3v) is 4.94. The molecule has 1 aromatic heterocycles. The van der Waals surface area contributed by atoms with Gasteiger partial charge >= 0.3 is 0 Å². The summed E-state index contributed by atoms with van der Waals surface area (Å²) in [4.78, 5) is 18.4. The first-order valence-electron chi connectivity index (χ1n) is 7.98. The van der Waals surface area contributed by atoms with Gasteiger partial charge in [-0.1, -0.05) is 12.8 Å². The van der Waals surface area contributed by atoms with Crippen molar-refractivity contribution < 1.29 is 4.79 Å². The molecule has 2 heterocycles. The summed E-state index contributed by atoms with van der Waals surface area (Å²) >= 11 is 0. The van der Waals surface area contributed by atoms with Gasteiger partial charge in [0.25, 0.3) is 5.91 Å². The van der Waals surface area contributed by atoms with Crippen LogP contribution in [0.4, 0.5) is 0 Å². The standard InChI is InChI=1S/C16H24N4O/c17-19-16(21)13-7-8-14(18-10-13)11-20-9-3-5-12-4-1-2-6-15(12)20/h7-8,10,12,15H,1-6,9,11,17H2,(H,19,21)/t12-,15-/m1/s1. The summed E-state index contributed by atoms with van der Waals surface area (Å²) in [6.07, 6.45) is 9.79. The summed E-state index contributed by atoms with van der Waals surface area (Å²) in [5.41, 5.74) is 3.68. The predicted molar refractivity (Wildman–Crippen MR) is 81.3 cm³/mol. The lowest BCUT2D eigenvalue weighted by molar-refractivity contribution is 0.0537. The van der Waals surface area contributed by atoms with E-state index in [-0.39, 0.29) is 5.91 Å². The van der Waals surface area contributed by atoms with Crippen LogP contribution in [0.3, 0.4) is 0 Å². The van der Waals surface area contributed by atoms with E-state index in [2.05, 4.69) is 15.3 Å². The number of rotatable bonds is 3. The van der Waals surface area contributed by atoms with E-state index in [1.807, 2.05) is 6.07 Å². The maximum Gasteiger partial charge on any atom is 0.266 e. The van der Waals surface area contributed by atoms with E-state index in [1.165, 1.54) is 45.1 Å². The lowest BCUT2D eigenvalue weighted by Crippen LogP contribution is -2.46. The number of hydrogen-bond acceptors (Lipinski definition) is 4. The number of fused-ring (bicyclic) bond motifs is 1. The Hall–Kier alpha value is -1.46. The maximum atomic E-state index is 11.4.